The number of imide groups is 2. The minimum atomic E-state index is -0.442. The van der Waals surface area contributed by atoms with Gasteiger partial charge in [-0.1, -0.05) is 348 Å². The molecule has 6 nitrogen and oxygen atoms in total. The lowest BCUT2D eigenvalue weighted by atomic mass is 9.34. The van der Waals surface area contributed by atoms with E-state index in [9.17, 15) is 0 Å². The first-order valence-electron chi connectivity index (χ1n) is 42.5. The van der Waals surface area contributed by atoms with E-state index in [1.165, 1.54) is 109 Å². The van der Waals surface area contributed by atoms with Gasteiger partial charge in [0, 0.05) is 65.7 Å². The molecule has 17 rings (SSSR count). The van der Waals surface area contributed by atoms with Gasteiger partial charge < -0.3 is 0 Å². The summed E-state index contributed by atoms with van der Waals surface area (Å²) in [5.74, 6) is 12.7. The molecule has 0 bridgehead atoms. The van der Waals surface area contributed by atoms with Gasteiger partial charge in [0.1, 0.15) is 0 Å². The van der Waals surface area contributed by atoms with Gasteiger partial charge in [0.25, 0.3) is 23.6 Å². The van der Waals surface area contributed by atoms with Crippen LogP contribution in [0.4, 0.5) is 11.4 Å². The van der Waals surface area contributed by atoms with Crippen LogP contribution in [0.2, 0.25) is 0 Å². The van der Waals surface area contributed by atoms with E-state index < -0.39 is 23.6 Å². The fourth-order valence-electron chi connectivity index (χ4n) is 20.7. The van der Waals surface area contributed by atoms with Gasteiger partial charge in [-0.25, -0.2) is 9.80 Å². The molecular formula is C112H100B2N2O4. The summed E-state index contributed by atoms with van der Waals surface area (Å²) in [6.07, 6.45) is 0. The summed E-state index contributed by atoms with van der Waals surface area (Å²) in [7, 11) is 0. The van der Waals surface area contributed by atoms with Crippen molar-refractivity contribution in [3.05, 3.63) is 352 Å². The number of amides is 4. The maximum atomic E-state index is 16.3. The molecule has 15 aromatic carbocycles. The average molecular weight is 1560 g/mol. The van der Waals surface area contributed by atoms with Crippen LogP contribution in [0, 0.1) is 107 Å². The first kappa shape index (κ1) is 79.6. The molecule has 0 unspecified atom stereocenters. The molecule has 2 aliphatic rings. The van der Waals surface area contributed by atoms with Crippen molar-refractivity contribution in [2.24, 2.45) is 0 Å². The number of fused-ring (bicyclic) bond motifs is 2. The van der Waals surface area contributed by atoms with Crippen LogP contribution in [0.5, 0.6) is 0 Å². The predicted octanol–water partition coefficient (Wildman–Crippen LogP) is 22.7. The molecule has 2 aliphatic heterocycles. The quantitative estimate of drug-likeness (QED) is 0.0357. The van der Waals surface area contributed by atoms with Crippen molar-refractivity contribution in [1.29, 1.82) is 0 Å². The van der Waals surface area contributed by atoms with E-state index in [4.69, 9.17) is 0 Å². The molecule has 120 heavy (non-hydrogen) atoms. The van der Waals surface area contributed by atoms with E-state index in [-0.39, 0.29) is 37.1 Å². The molecule has 0 saturated carbocycles. The molecule has 15 aromatic rings. The van der Waals surface area contributed by atoms with Crippen molar-refractivity contribution in [3.63, 3.8) is 0 Å². The van der Waals surface area contributed by atoms with Crippen LogP contribution >= 0.6 is 0 Å². The van der Waals surface area contributed by atoms with Crippen molar-refractivity contribution >= 4 is 124 Å². The van der Waals surface area contributed by atoms with Crippen LogP contribution in [0.15, 0.2) is 218 Å². The number of hydrogen-bond acceptors (Lipinski definition) is 4. The average Bonchev–Trinajstić information content (AvgIpc) is 0.676. The normalized spacial score (nSPS) is 12.7. The van der Waals surface area contributed by atoms with Gasteiger partial charge in [0.2, 0.25) is 13.4 Å². The molecule has 0 spiro atoms. The van der Waals surface area contributed by atoms with E-state index in [0.29, 0.717) is 87.8 Å². The summed E-state index contributed by atoms with van der Waals surface area (Å²) in [5, 5.41) is 5.20. The molecule has 0 aromatic heterocycles. The van der Waals surface area contributed by atoms with Crippen molar-refractivity contribution < 1.29 is 19.2 Å². The summed E-state index contributed by atoms with van der Waals surface area (Å²) < 4.78 is 0. The van der Waals surface area contributed by atoms with Gasteiger partial charge in [-0.15, -0.1) is 0 Å². The van der Waals surface area contributed by atoms with Crippen LogP contribution in [0.3, 0.4) is 0 Å². The second-order valence-corrected chi connectivity index (χ2v) is 35.6. The third-order valence-electron chi connectivity index (χ3n) is 25.7. The molecular weight excluding hydrogens is 1460 g/mol. The molecule has 0 aliphatic carbocycles. The maximum Gasteiger partial charge on any atom is 0.266 e. The largest absolute Gasteiger partial charge is 0.268 e. The lowest BCUT2D eigenvalue weighted by Gasteiger charge is -2.34. The zero-order valence-electron chi connectivity index (χ0n) is 72.8. The highest BCUT2D eigenvalue weighted by Gasteiger charge is 2.43. The highest BCUT2D eigenvalue weighted by molar-refractivity contribution is 6.97. The van der Waals surface area contributed by atoms with Crippen LogP contribution in [0.25, 0.3) is 65.3 Å². The Labute approximate surface area is 708 Å². The molecule has 588 valence electrons. The van der Waals surface area contributed by atoms with Crippen LogP contribution in [-0.4, -0.2) is 37.1 Å². The monoisotopic (exact) mass is 1560 g/mol. The van der Waals surface area contributed by atoms with Gasteiger partial charge in [0.05, 0.1) is 22.5 Å². The molecule has 0 fully saturated rings. The second kappa shape index (κ2) is 30.8. The zero-order chi connectivity index (χ0) is 84.6. The lowest BCUT2D eigenvalue weighted by molar-refractivity contribution is 0.0877. The third kappa shape index (κ3) is 13.4. The van der Waals surface area contributed by atoms with Gasteiger partial charge in [-0.05, 0) is 211 Å². The highest BCUT2D eigenvalue weighted by atomic mass is 16.2. The first-order chi connectivity index (χ1) is 57.5. The summed E-state index contributed by atoms with van der Waals surface area (Å²) in [6, 6.07) is 76.9. The Hall–Kier alpha value is -12.9. The Morgan fingerprint density at radius 2 is 0.508 bits per heavy atom. The SMILES string of the molecule is Cc1cc(C)c(B(c2ccc(-c3ccc(C#Cc4cc5c6c(ccc7c8c(C#Cc9ccc(-c%10ccc(B(c%11c(C)cc(C)cc%11C)c%11c(C)cc(C)cc%11C)cc%10)cc9)cc9c%10c(ccc(c4c67)c%108)C(=O)N(c4c(C(C)C)cccc4C(C)C)C9=O)C(=O)N(c4c(C(C)C)cccc4C(C)C)C5=O)cc3)cc2)c2c(C)cc(C)cc2C)c(C)c1. The zero-order valence-corrected chi connectivity index (χ0v) is 72.8. The Kier molecular flexibility index (Phi) is 20.4. The number of rotatable bonds is 14. The van der Waals surface area contributed by atoms with Gasteiger partial charge in [-0.3, -0.25) is 19.2 Å². The standard InChI is InChI=1S/C112H100B2N2O4/c1-61(2)87-23-21-24-88(62(3)4)107(87)115-109(117)93-49-47-91-98-84(38-32-78-29-35-80(36-30-78)82-41-45-86(46-42-82)114(105-73(17)55-67(11)56-74(105)18)106-75(19)57-68(12)58-76(106)20)60-96-100-94(110(118)116(112(96)120)108-89(63(5)6)25-22-26-90(108)64(7)8)50-48-92(102(98)100)97-83(59-95(111(115)119)99(93)101(91)97)37-31-77-27-33-79(34-28-77)81-39-43-85(44-40-81)113(103-69(13)51-65(9)52-70(103)14)104-71(15)53-66(10)54-72(104)16/h21-30,33-36,39-64H,1-20H3. The van der Waals surface area contributed by atoms with Crippen molar-refractivity contribution in [2.75, 3.05) is 9.80 Å². The van der Waals surface area contributed by atoms with Crippen molar-refractivity contribution in [2.45, 2.75) is 162 Å². The van der Waals surface area contributed by atoms with Crippen LogP contribution in [-0.2, 0) is 0 Å². The summed E-state index contributed by atoms with van der Waals surface area (Å²) >= 11 is 0. The molecule has 2 heterocycles. The fourth-order valence-corrected chi connectivity index (χ4v) is 20.7. The Morgan fingerprint density at radius 3 is 0.767 bits per heavy atom. The van der Waals surface area contributed by atoms with E-state index in [1.807, 2.05) is 72.8 Å². The number of hydrogen-bond donors (Lipinski definition) is 0. The first-order valence-corrected chi connectivity index (χ1v) is 42.5. The van der Waals surface area contributed by atoms with Gasteiger partial charge in [-0.2, -0.15) is 0 Å². The summed E-state index contributed by atoms with van der Waals surface area (Å²) in [5.41, 5.74) is 36.2. The molecule has 4 amide bonds. The molecule has 0 atom stereocenters. The third-order valence-corrected chi connectivity index (χ3v) is 25.7. The number of aryl methyl sites for hydroxylation is 12. The van der Waals surface area contributed by atoms with Crippen LogP contribution in [0.1, 0.15) is 232 Å². The van der Waals surface area contributed by atoms with Crippen molar-refractivity contribution in [3.8, 4) is 45.9 Å². The number of carbonyl (C=O) groups excluding carboxylic acids is 4. The molecule has 8 heteroatoms. The number of benzene rings is 15. The minimum Gasteiger partial charge on any atom is -0.268 e. The van der Waals surface area contributed by atoms with Crippen LogP contribution < -0.4 is 42.6 Å². The van der Waals surface area contributed by atoms with E-state index in [0.717, 1.165) is 55.6 Å². The summed E-state index contributed by atoms with van der Waals surface area (Å²) in [4.78, 5) is 67.5. The second-order valence-electron chi connectivity index (χ2n) is 35.6. The van der Waals surface area contributed by atoms with Crippen molar-refractivity contribution in [1.82, 2.24) is 0 Å². The van der Waals surface area contributed by atoms with E-state index in [2.05, 4.69) is 308 Å². The topological polar surface area (TPSA) is 74.8 Å². The smallest absolute Gasteiger partial charge is 0.266 e. The lowest BCUT2D eigenvalue weighted by Crippen LogP contribution is -2.55. The Bertz CT molecular complexity index is 6330. The number of anilines is 2. The number of para-hydroxylation sites is 2. The molecule has 0 radical (unpaired) electrons. The van der Waals surface area contributed by atoms with Gasteiger partial charge >= 0.3 is 0 Å². The van der Waals surface area contributed by atoms with E-state index >= 15 is 19.2 Å². The Morgan fingerprint density at radius 1 is 0.258 bits per heavy atom. The maximum absolute atomic E-state index is 16.3. The summed E-state index contributed by atoms with van der Waals surface area (Å²) in [6.45, 7) is 43.5. The molecule has 0 saturated heterocycles. The molecule has 0 N–H and O–H groups in total. The minimum absolute atomic E-state index is 0.0243. The number of carbonyl (C=O) groups is 4. The van der Waals surface area contributed by atoms with E-state index in [1.54, 1.807) is 0 Å². The fraction of sp³-hybridized carbons (Fsp3) is 0.214. The Balaban J connectivity index is 0.840. The van der Waals surface area contributed by atoms with Gasteiger partial charge in [0.15, 0.2) is 0 Å². The highest BCUT2D eigenvalue weighted by Crippen LogP contribution is 2.51. The predicted molar refractivity (Wildman–Crippen MR) is 507 cm³/mol. The number of nitrogens with zero attached hydrogens (tertiary/aromatic N) is 2.